The summed E-state index contributed by atoms with van der Waals surface area (Å²) < 4.78 is 5.43. The smallest absolute Gasteiger partial charge is 0.231 e. The van der Waals surface area contributed by atoms with E-state index in [0.717, 1.165) is 49.7 Å². The molecule has 1 amide bonds. The van der Waals surface area contributed by atoms with Crippen LogP contribution >= 0.6 is 0 Å². The highest BCUT2D eigenvalue weighted by atomic mass is 16.5. The molecule has 126 valence electrons. The third-order valence-corrected chi connectivity index (χ3v) is 4.44. The van der Waals surface area contributed by atoms with Crippen LogP contribution in [0, 0.1) is 0 Å². The van der Waals surface area contributed by atoms with Crippen LogP contribution in [-0.2, 0) is 9.53 Å². The van der Waals surface area contributed by atoms with Crippen molar-refractivity contribution in [2.75, 3.05) is 36.5 Å². The van der Waals surface area contributed by atoms with E-state index >= 15 is 0 Å². The van der Waals surface area contributed by atoms with E-state index in [0.29, 0.717) is 0 Å². The number of para-hydroxylation sites is 2. The lowest BCUT2D eigenvalue weighted by molar-refractivity contribution is -0.117. The van der Waals surface area contributed by atoms with Gasteiger partial charge < -0.3 is 15.0 Å². The number of hydrogen-bond donors (Lipinski definition) is 1. The number of benzene rings is 2. The molecule has 1 heterocycles. The molecular weight excluding hydrogens is 300 g/mol. The molecule has 0 unspecified atom stereocenters. The summed E-state index contributed by atoms with van der Waals surface area (Å²) in [5.74, 6) is -0.0895. The first kappa shape index (κ1) is 16.5. The summed E-state index contributed by atoms with van der Waals surface area (Å²) in [4.78, 5) is 15.1. The zero-order chi connectivity index (χ0) is 16.8. The Morgan fingerprint density at radius 3 is 2.46 bits per heavy atom. The van der Waals surface area contributed by atoms with Gasteiger partial charge in [-0.3, -0.25) is 4.79 Å². The first-order valence-electron chi connectivity index (χ1n) is 8.57. The second-order valence-corrected chi connectivity index (χ2v) is 5.98. The third kappa shape index (κ3) is 3.77. The highest BCUT2D eigenvalue weighted by Crippen LogP contribution is 2.28. The van der Waals surface area contributed by atoms with Gasteiger partial charge in [-0.1, -0.05) is 49.4 Å². The monoisotopic (exact) mass is 324 g/mol. The number of rotatable bonds is 5. The molecule has 24 heavy (non-hydrogen) atoms. The van der Waals surface area contributed by atoms with Gasteiger partial charge in [-0.25, -0.2) is 0 Å². The molecule has 0 bridgehead atoms. The molecule has 0 spiro atoms. The largest absolute Gasteiger partial charge is 0.378 e. The summed E-state index contributed by atoms with van der Waals surface area (Å²) >= 11 is 0. The lowest BCUT2D eigenvalue weighted by Gasteiger charge is -2.30. The Morgan fingerprint density at radius 2 is 1.75 bits per heavy atom. The number of morpholine rings is 1. The van der Waals surface area contributed by atoms with Crippen LogP contribution in [0.2, 0.25) is 0 Å². The fourth-order valence-corrected chi connectivity index (χ4v) is 3.14. The van der Waals surface area contributed by atoms with Gasteiger partial charge >= 0.3 is 0 Å². The Bertz CT molecular complexity index is 666. The van der Waals surface area contributed by atoms with E-state index < -0.39 is 0 Å². The van der Waals surface area contributed by atoms with Crippen LogP contribution in [0.1, 0.15) is 24.8 Å². The predicted molar refractivity (Wildman–Crippen MR) is 97.6 cm³/mol. The molecule has 4 heteroatoms. The molecule has 0 saturated carbocycles. The number of carbonyl (C=O) groups excluding carboxylic acids is 1. The molecular formula is C20H24N2O2. The average Bonchev–Trinajstić information content (AvgIpc) is 2.64. The number of nitrogens with one attached hydrogen (secondary N) is 1. The fourth-order valence-electron chi connectivity index (χ4n) is 3.14. The molecule has 0 radical (unpaired) electrons. The number of nitrogens with zero attached hydrogens (tertiary/aromatic N) is 1. The van der Waals surface area contributed by atoms with Crippen molar-refractivity contribution >= 4 is 17.3 Å². The van der Waals surface area contributed by atoms with Crippen LogP contribution in [0.25, 0.3) is 0 Å². The van der Waals surface area contributed by atoms with Crippen LogP contribution in [0.3, 0.4) is 0 Å². The Labute approximate surface area is 143 Å². The minimum atomic E-state index is -0.135. The second-order valence-electron chi connectivity index (χ2n) is 5.98. The van der Waals surface area contributed by atoms with Crippen molar-refractivity contribution in [2.24, 2.45) is 0 Å². The summed E-state index contributed by atoms with van der Waals surface area (Å²) in [7, 11) is 0. The highest BCUT2D eigenvalue weighted by molar-refractivity contribution is 5.98. The minimum absolute atomic E-state index is 0.0457. The van der Waals surface area contributed by atoms with Crippen LogP contribution in [0.4, 0.5) is 11.4 Å². The van der Waals surface area contributed by atoms with Crippen molar-refractivity contribution in [1.29, 1.82) is 0 Å². The van der Waals surface area contributed by atoms with Crippen molar-refractivity contribution in [3.05, 3.63) is 60.2 Å². The molecule has 4 nitrogen and oxygen atoms in total. The second kappa shape index (κ2) is 7.97. The SMILES string of the molecule is CC[C@H](C(=O)Nc1ccccc1N1CCOCC1)c1ccccc1. The number of anilines is 2. The van der Waals surface area contributed by atoms with Crippen molar-refractivity contribution in [2.45, 2.75) is 19.3 Å². The van der Waals surface area contributed by atoms with E-state index in [4.69, 9.17) is 4.74 Å². The number of amides is 1. The molecule has 1 fully saturated rings. The van der Waals surface area contributed by atoms with Gasteiger partial charge in [0.1, 0.15) is 0 Å². The number of carbonyl (C=O) groups is 1. The van der Waals surface area contributed by atoms with Gasteiger partial charge in [-0.2, -0.15) is 0 Å². The first-order chi connectivity index (χ1) is 11.8. The van der Waals surface area contributed by atoms with Gasteiger partial charge in [0.2, 0.25) is 5.91 Å². The minimum Gasteiger partial charge on any atom is -0.378 e. The Morgan fingerprint density at radius 1 is 1.08 bits per heavy atom. The molecule has 2 aromatic rings. The maximum atomic E-state index is 12.8. The first-order valence-corrected chi connectivity index (χ1v) is 8.57. The van der Waals surface area contributed by atoms with Crippen LogP contribution < -0.4 is 10.2 Å². The molecule has 1 aliphatic rings. The fraction of sp³-hybridized carbons (Fsp3) is 0.350. The zero-order valence-electron chi connectivity index (χ0n) is 14.1. The molecule has 1 saturated heterocycles. The third-order valence-electron chi connectivity index (χ3n) is 4.44. The number of hydrogen-bond acceptors (Lipinski definition) is 3. The summed E-state index contributed by atoms with van der Waals surface area (Å²) in [6, 6.07) is 18.0. The molecule has 0 aromatic heterocycles. The Kier molecular flexibility index (Phi) is 5.49. The van der Waals surface area contributed by atoms with Gasteiger partial charge in [-0.05, 0) is 24.1 Å². The molecule has 3 rings (SSSR count). The van der Waals surface area contributed by atoms with E-state index in [2.05, 4.69) is 16.3 Å². The van der Waals surface area contributed by atoms with Crippen molar-refractivity contribution < 1.29 is 9.53 Å². The lowest BCUT2D eigenvalue weighted by atomic mass is 9.95. The predicted octanol–water partition coefficient (Wildman–Crippen LogP) is 3.66. The van der Waals surface area contributed by atoms with Gasteiger partial charge in [0.15, 0.2) is 0 Å². The standard InChI is InChI=1S/C20H24N2O2/c1-2-17(16-8-4-3-5-9-16)20(23)21-18-10-6-7-11-19(18)22-12-14-24-15-13-22/h3-11,17H,2,12-15H2,1H3,(H,21,23)/t17-/m0/s1. The summed E-state index contributed by atoms with van der Waals surface area (Å²) in [5, 5.41) is 3.14. The summed E-state index contributed by atoms with van der Waals surface area (Å²) in [5.41, 5.74) is 3.00. The maximum Gasteiger partial charge on any atom is 0.231 e. The van der Waals surface area contributed by atoms with Gasteiger partial charge in [0.25, 0.3) is 0 Å². The normalized spacial score (nSPS) is 15.8. The van der Waals surface area contributed by atoms with Crippen LogP contribution in [-0.4, -0.2) is 32.2 Å². The quantitative estimate of drug-likeness (QED) is 0.912. The summed E-state index contributed by atoms with van der Waals surface area (Å²) in [6.45, 7) is 5.20. The average molecular weight is 324 g/mol. The molecule has 1 aliphatic heterocycles. The van der Waals surface area contributed by atoms with E-state index in [9.17, 15) is 4.79 Å². The number of ether oxygens (including phenoxy) is 1. The van der Waals surface area contributed by atoms with E-state index in [1.165, 1.54) is 0 Å². The van der Waals surface area contributed by atoms with Gasteiger partial charge in [-0.15, -0.1) is 0 Å². The van der Waals surface area contributed by atoms with Crippen LogP contribution in [0.5, 0.6) is 0 Å². The Balaban J connectivity index is 1.79. The van der Waals surface area contributed by atoms with E-state index in [-0.39, 0.29) is 11.8 Å². The van der Waals surface area contributed by atoms with E-state index in [1.807, 2.05) is 55.5 Å². The summed E-state index contributed by atoms with van der Waals surface area (Å²) in [6.07, 6.45) is 0.773. The molecule has 1 N–H and O–H groups in total. The molecule has 1 atom stereocenters. The van der Waals surface area contributed by atoms with Crippen molar-refractivity contribution in [3.63, 3.8) is 0 Å². The lowest BCUT2D eigenvalue weighted by Crippen LogP contribution is -2.37. The van der Waals surface area contributed by atoms with Crippen molar-refractivity contribution in [3.8, 4) is 0 Å². The Hall–Kier alpha value is -2.33. The molecule has 0 aliphatic carbocycles. The highest BCUT2D eigenvalue weighted by Gasteiger charge is 2.21. The van der Waals surface area contributed by atoms with Crippen molar-refractivity contribution in [1.82, 2.24) is 0 Å². The maximum absolute atomic E-state index is 12.8. The van der Waals surface area contributed by atoms with Gasteiger partial charge in [0.05, 0.1) is 30.5 Å². The van der Waals surface area contributed by atoms with Crippen LogP contribution in [0.15, 0.2) is 54.6 Å². The molecule has 2 aromatic carbocycles. The zero-order valence-corrected chi connectivity index (χ0v) is 14.1. The topological polar surface area (TPSA) is 41.6 Å². The van der Waals surface area contributed by atoms with E-state index in [1.54, 1.807) is 0 Å². The van der Waals surface area contributed by atoms with Gasteiger partial charge in [0, 0.05) is 13.1 Å².